The quantitative estimate of drug-likeness (QED) is 0.428. The van der Waals surface area contributed by atoms with Crippen LogP contribution >= 0.6 is 11.3 Å². The van der Waals surface area contributed by atoms with Crippen molar-refractivity contribution >= 4 is 33.1 Å². The minimum Gasteiger partial charge on any atom is -0.369 e. The first kappa shape index (κ1) is 20.9. The molecular formula is C17H21N7O3S2. The van der Waals surface area contributed by atoms with Gasteiger partial charge in [-0.05, 0) is 25.1 Å². The lowest BCUT2D eigenvalue weighted by Gasteiger charge is -2.09. The topological polar surface area (TPSA) is 131 Å². The molecule has 3 aromatic rings. The van der Waals surface area contributed by atoms with Crippen molar-refractivity contribution in [1.29, 1.82) is 0 Å². The highest BCUT2D eigenvalue weighted by atomic mass is 32.2. The first-order valence-corrected chi connectivity index (χ1v) is 11.1. The number of nitrogens with zero attached hydrogens (tertiary/aromatic N) is 4. The molecule has 0 unspecified atom stereocenters. The van der Waals surface area contributed by atoms with E-state index >= 15 is 0 Å². The van der Waals surface area contributed by atoms with E-state index in [0.29, 0.717) is 30.5 Å². The number of amides is 1. The van der Waals surface area contributed by atoms with Gasteiger partial charge < -0.3 is 10.6 Å². The minimum atomic E-state index is -3.62. The Morgan fingerprint density at radius 3 is 2.79 bits per heavy atom. The van der Waals surface area contributed by atoms with Gasteiger partial charge in [-0.15, -0.1) is 11.3 Å². The number of aromatic nitrogens is 4. The third kappa shape index (κ3) is 5.82. The Morgan fingerprint density at radius 2 is 2.07 bits per heavy atom. The molecule has 0 aliphatic rings. The van der Waals surface area contributed by atoms with Crippen LogP contribution in [0.25, 0.3) is 5.82 Å². The number of nitrogens with one attached hydrogen (secondary N) is 3. The number of carbonyl (C=O) groups is 1. The molecule has 0 atom stereocenters. The third-order valence-electron chi connectivity index (χ3n) is 3.70. The molecule has 0 fully saturated rings. The molecule has 0 saturated carbocycles. The van der Waals surface area contributed by atoms with Gasteiger partial charge in [0, 0.05) is 43.4 Å². The summed E-state index contributed by atoms with van der Waals surface area (Å²) in [6.45, 7) is 4.02. The summed E-state index contributed by atoms with van der Waals surface area (Å²) in [5, 5.41) is 9.87. The lowest BCUT2D eigenvalue weighted by Crippen LogP contribution is -2.28. The zero-order chi connectivity index (χ0) is 20.9. The molecule has 0 spiro atoms. The molecule has 10 nitrogen and oxygen atoms in total. The van der Waals surface area contributed by atoms with E-state index in [-0.39, 0.29) is 16.7 Å². The van der Waals surface area contributed by atoms with Crippen LogP contribution in [0.15, 0.2) is 40.9 Å². The summed E-state index contributed by atoms with van der Waals surface area (Å²) >= 11 is 1.12. The Labute approximate surface area is 172 Å². The summed E-state index contributed by atoms with van der Waals surface area (Å²) in [5.41, 5.74) is 0. The summed E-state index contributed by atoms with van der Waals surface area (Å²) in [5.74, 6) is 1.61. The molecule has 0 aromatic carbocycles. The Bertz CT molecular complexity index is 1080. The molecule has 0 saturated heterocycles. The molecule has 1 amide bonds. The van der Waals surface area contributed by atoms with Crippen LogP contribution in [0.1, 0.15) is 17.6 Å². The Morgan fingerprint density at radius 1 is 1.24 bits per heavy atom. The fourth-order valence-electron chi connectivity index (χ4n) is 2.42. The molecule has 0 aliphatic carbocycles. The van der Waals surface area contributed by atoms with E-state index in [1.807, 2.05) is 0 Å². The molecule has 0 bridgehead atoms. The number of sulfonamides is 1. The maximum absolute atomic E-state index is 12.4. The van der Waals surface area contributed by atoms with Gasteiger partial charge in [-0.25, -0.2) is 27.8 Å². The van der Waals surface area contributed by atoms with Crippen LogP contribution in [0.4, 0.5) is 5.82 Å². The molecule has 3 N–H and O–H groups in total. The highest BCUT2D eigenvalue weighted by Crippen LogP contribution is 2.21. The predicted octanol–water partition coefficient (Wildman–Crippen LogP) is 1.06. The average molecular weight is 436 g/mol. The van der Waals surface area contributed by atoms with E-state index in [4.69, 9.17) is 0 Å². The molecule has 3 heterocycles. The normalized spacial score (nSPS) is 11.4. The van der Waals surface area contributed by atoms with Crippen LogP contribution in [0.2, 0.25) is 0 Å². The zero-order valence-electron chi connectivity index (χ0n) is 15.9. The molecular weight excluding hydrogens is 414 g/mol. The van der Waals surface area contributed by atoms with Gasteiger partial charge in [0.2, 0.25) is 15.9 Å². The number of thiophene rings is 1. The number of hydrogen-bond acceptors (Lipinski definition) is 8. The molecule has 3 rings (SSSR count). The van der Waals surface area contributed by atoms with Gasteiger partial charge in [-0.3, -0.25) is 4.79 Å². The van der Waals surface area contributed by atoms with E-state index in [0.717, 1.165) is 16.2 Å². The van der Waals surface area contributed by atoms with Gasteiger partial charge in [0.15, 0.2) is 5.82 Å². The van der Waals surface area contributed by atoms with Crippen LogP contribution < -0.4 is 15.4 Å². The van der Waals surface area contributed by atoms with Gasteiger partial charge >= 0.3 is 0 Å². The van der Waals surface area contributed by atoms with Crippen molar-refractivity contribution in [3.8, 4) is 5.82 Å². The smallest absolute Gasteiger partial charge is 0.250 e. The Kier molecular flexibility index (Phi) is 6.56. The Hall–Kier alpha value is -2.83. The first-order chi connectivity index (χ1) is 13.8. The van der Waals surface area contributed by atoms with Gasteiger partial charge in [0.05, 0.1) is 6.54 Å². The van der Waals surface area contributed by atoms with Crippen molar-refractivity contribution in [2.24, 2.45) is 0 Å². The second-order valence-corrected chi connectivity index (χ2v) is 9.23. The molecule has 0 aliphatic heterocycles. The van der Waals surface area contributed by atoms with Crippen LogP contribution in [0, 0.1) is 6.92 Å². The fourth-order valence-corrected chi connectivity index (χ4v) is 4.79. The molecule has 154 valence electrons. The molecule has 0 radical (unpaired) electrons. The standard InChI is InChI=1S/C17H21N7O3S2/c1-12-22-15(10-16(23-12)24-9-3-6-20-24)18-7-8-21-29(26,27)17-5-4-14(28-17)11-19-13(2)25/h3-6,9-10,21H,7-8,11H2,1-2H3,(H,19,25)(H,18,22,23). The summed E-state index contributed by atoms with van der Waals surface area (Å²) in [6.07, 6.45) is 3.44. The van der Waals surface area contributed by atoms with Gasteiger partial charge in [-0.2, -0.15) is 5.10 Å². The van der Waals surface area contributed by atoms with Crippen LogP contribution in [0.5, 0.6) is 0 Å². The minimum absolute atomic E-state index is 0.164. The maximum atomic E-state index is 12.4. The highest BCUT2D eigenvalue weighted by Gasteiger charge is 2.16. The Balaban J connectivity index is 1.54. The predicted molar refractivity (Wildman–Crippen MR) is 109 cm³/mol. The number of hydrogen-bond donors (Lipinski definition) is 3. The zero-order valence-corrected chi connectivity index (χ0v) is 17.5. The second-order valence-electron chi connectivity index (χ2n) is 6.06. The van der Waals surface area contributed by atoms with E-state index in [1.165, 1.54) is 13.0 Å². The van der Waals surface area contributed by atoms with Crippen LogP contribution in [-0.2, 0) is 21.4 Å². The highest BCUT2D eigenvalue weighted by molar-refractivity contribution is 7.91. The van der Waals surface area contributed by atoms with E-state index in [9.17, 15) is 13.2 Å². The fraction of sp³-hybridized carbons (Fsp3) is 0.294. The van der Waals surface area contributed by atoms with Gasteiger partial charge in [0.1, 0.15) is 15.9 Å². The summed E-state index contributed by atoms with van der Waals surface area (Å²) in [4.78, 5) is 20.4. The maximum Gasteiger partial charge on any atom is 0.250 e. The van der Waals surface area contributed by atoms with Gasteiger partial charge in [-0.1, -0.05) is 0 Å². The second kappa shape index (κ2) is 9.11. The number of rotatable bonds is 9. The van der Waals surface area contributed by atoms with Crippen molar-refractivity contribution in [1.82, 2.24) is 29.8 Å². The summed E-state index contributed by atoms with van der Waals surface area (Å²) in [7, 11) is -3.62. The van der Waals surface area contributed by atoms with E-state index in [2.05, 4.69) is 30.4 Å². The van der Waals surface area contributed by atoms with Crippen molar-refractivity contribution in [2.75, 3.05) is 18.4 Å². The summed E-state index contributed by atoms with van der Waals surface area (Å²) < 4.78 is 29.2. The summed E-state index contributed by atoms with van der Waals surface area (Å²) in [6, 6.07) is 6.75. The monoisotopic (exact) mass is 435 g/mol. The van der Waals surface area contributed by atoms with E-state index < -0.39 is 10.0 Å². The van der Waals surface area contributed by atoms with Crippen LogP contribution in [-0.4, -0.2) is 47.2 Å². The SMILES string of the molecule is CC(=O)NCc1ccc(S(=O)(=O)NCCNc2cc(-n3cccn3)nc(C)n2)s1. The van der Waals surface area contributed by atoms with Gasteiger partial charge in [0.25, 0.3) is 0 Å². The average Bonchev–Trinajstić information content (AvgIpc) is 3.35. The third-order valence-corrected chi connectivity index (χ3v) is 6.74. The van der Waals surface area contributed by atoms with Crippen LogP contribution in [0.3, 0.4) is 0 Å². The number of anilines is 1. The van der Waals surface area contributed by atoms with E-state index in [1.54, 1.807) is 42.2 Å². The van der Waals surface area contributed by atoms with Crippen molar-refractivity contribution in [3.05, 3.63) is 47.4 Å². The lowest BCUT2D eigenvalue weighted by molar-refractivity contribution is -0.119. The first-order valence-electron chi connectivity index (χ1n) is 8.76. The molecule has 3 aromatic heterocycles. The molecule has 12 heteroatoms. The number of carbonyl (C=O) groups excluding carboxylic acids is 1. The largest absolute Gasteiger partial charge is 0.369 e. The molecule has 29 heavy (non-hydrogen) atoms. The van der Waals surface area contributed by atoms with Crippen molar-refractivity contribution in [2.45, 2.75) is 24.6 Å². The van der Waals surface area contributed by atoms with Crippen molar-refractivity contribution < 1.29 is 13.2 Å². The number of aryl methyl sites for hydroxylation is 1. The lowest BCUT2D eigenvalue weighted by atomic mass is 10.4. The van der Waals surface area contributed by atoms with Crippen molar-refractivity contribution in [3.63, 3.8) is 0 Å².